The van der Waals surface area contributed by atoms with Crippen LogP contribution in [0.3, 0.4) is 0 Å². The zero-order valence-electron chi connectivity index (χ0n) is 13.7. The molecule has 0 atom stereocenters. The Morgan fingerprint density at radius 3 is 2.42 bits per heavy atom. The average molecular weight is 350 g/mol. The van der Waals surface area contributed by atoms with Gasteiger partial charge in [0, 0.05) is 11.6 Å². The molecule has 3 rings (SSSR count). The number of nitrogens with one attached hydrogen (secondary N) is 1. The molecule has 26 heavy (non-hydrogen) atoms. The lowest BCUT2D eigenvalue weighted by atomic mass is 10.0. The quantitative estimate of drug-likeness (QED) is 0.414. The van der Waals surface area contributed by atoms with Crippen molar-refractivity contribution in [2.24, 2.45) is 5.10 Å². The third kappa shape index (κ3) is 3.34. The minimum atomic E-state index is -0.682. The van der Waals surface area contributed by atoms with E-state index in [2.05, 4.69) is 10.5 Å². The van der Waals surface area contributed by atoms with E-state index in [0.29, 0.717) is 5.71 Å². The predicted molar refractivity (Wildman–Crippen MR) is 99.5 cm³/mol. The van der Waals surface area contributed by atoms with Crippen molar-refractivity contribution in [2.75, 3.05) is 5.43 Å². The Kier molecular flexibility index (Phi) is 4.57. The monoisotopic (exact) mass is 350 g/mol. The van der Waals surface area contributed by atoms with Gasteiger partial charge in [0.2, 0.25) is 0 Å². The van der Waals surface area contributed by atoms with Crippen LogP contribution in [0, 0.1) is 20.2 Å². The molecule has 0 aromatic heterocycles. The zero-order valence-corrected chi connectivity index (χ0v) is 13.7. The minimum Gasteiger partial charge on any atom is -0.271 e. The number of nitro groups is 2. The fourth-order valence-electron chi connectivity index (χ4n) is 2.62. The third-order valence-electron chi connectivity index (χ3n) is 3.91. The van der Waals surface area contributed by atoms with Crippen LogP contribution < -0.4 is 5.43 Å². The van der Waals surface area contributed by atoms with Gasteiger partial charge in [-0.25, -0.2) is 0 Å². The van der Waals surface area contributed by atoms with Gasteiger partial charge in [-0.15, -0.1) is 0 Å². The standard InChI is InChI=1S/C18H14N4O4/c1-12(15-8-4-6-13-5-2-3-7-16(13)15)19-20-17-10-9-14(21(23)24)11-18(17)22(25)26/h2-11,20H,1H3/b19-12+. The lowest BCUT2D eigenvalue weighted by Gasteiger charge is -2.07. The lowest BCUT2D eigenvalue weighted by molar-refractivity contribution is -0.393. The van der Waals surface area contributed by atoms with Crippen molar-refractivity contribution in [2.45, 2.75) is 6.92 Å². The van der Waals surface area contributed by atoms with Gasteiger partial charge in [0.15, 0.2) is 0 Å². The van der Waals surface area contributed by atoms with Crippen molar-refractivity contribution in [3.8, 4) is 0 Å². The summed E-state index contributed by atoms with van der Waals surface area (Å²) in [4.78, 5) is 20.6. The molecule has 0 bridgehead atoms. The van der Waals surface area contributed by atoms with Gasteiger partial charge in [-0.2, -0.15) is 5.10 Å². The Hall–Kier alpha value is -3.81. The molecule has 0 aliphatic rings. The highest BCUT2D eigenvalue weighted by Gasteiger charge is 2.19. The van der Waals surface area contributed by atoms with Crippen LogP contribution in [0.4, 0.5) is 17.1 Å². The number of hydrogen-bond donors (Lipinski definition) is 1. The second kappa shape index (κ2) is 6.98. The van der Waals surface area contributed by atoms with E-state index in [0.717, 1.165) is 22.4 Å². The lowest BCUT2D eigenvalue weighted by Crippen LogP contribution is -2.03. The summed E-state index contributed by atoms with van der Waals surface area (Å²) in [7, 11) is 0. The summed E-state index contributed by atoms with van der Waals surface area (Å²) in [6.07, 6.45) is 0. The van der Waals surface area contributed by atoms with E-state index in [1.807, 2.05) is 42.5 Å². The predicted octanol–water partition coefficient (Wildman–Crippen LogP) is 4.49. The number of non-ortho nitro benzene ring substituents is 1. The molecule has 8 heteroatoms. The Morgan fingerprint density at radius 1 is 0.962 bits per heavy atom. The van der Waals surface area contributed by atoms with Gasteiger partial charge in [0.05, 0.1) is 21.6 Å². The molecule has 3 aromatic carbocycles. The van der Waals surface area contributed by atoms with E-state index in [1.54, 1.807) is 6.92 Å². The molecule has 0 aliphatic heterocycles. The van der Waals surface area contributed by atoms with Crippen molar-refractivity contribution in [3.63, 3.8) is 0 Å². The summed E-state index contributed by atoms with van der Waals surface area (Å²) in [5.41, 5.74) is 3.50. The highest BCUT2D eigenvalue weighted by molar-refractivity contribution is 6.09. The van der Waals surface area contributed by atoms with Gasteiger partial charge in [-0.05, 0) is 23.8 Å². The first kappa shape index (κ1) is 17.0. The van der Waals surface area contributed by atoms with Crippen molar-refractivity contribution in [3.05, 3.63) is 86.5 Å². The first-order chi connectivity index (χ1) is 12.5. The number of anilines is 1. The van der Waals surface area contributed by atoms with Gasteiger partial charge >= 0.3 is 5.69 Å². The van der Waals surface area contributed by atoms with E-state index in [1.165, 1.54) is 12.1 Å². The molecule has 3 aromatic rings. The first-order valence-electron chi connectivity index (χ1n) is 7.68. The van der Waals surface area contributed by atoms with Crippen molar-refractivity contribution in [1.82, 2.24) is 0 Å². The van der Waals surface area contributed by atoms with Crippen LogP contribution in [0.15, 0.2) is 65.8 Å². The molecule has 130 valence electrons. The maximum atomic E-state index is 11.2. The van der Waals surface area contributed by atoms with Crippen molar-refractivity contribution < 1.29 is 9.85 Å². The van der Waals surface area contributed by atoms with Crippen LogP contribution >= 0.6 is 0 Å². The first-order valence-corrected chi connectivity index (χ1v) is 7.68. The second-order valence-corrected chi connectivity index (χ2v) is 5.55. The Bertz CT molecular complexity index is 1040. The number of nitrogens with zero attached hydrogens (tertiary/aromatic N) is 3. The number of fused-ring (bicyclic) bond motifs is 1. The van der Waals surface area contributed by atoms with Crippen LogP contribution in [0.5, 0.6) is 0 Å². The van der Waals surface area contributed by atoms with E-state index >= 15 is 0 Å². The average Bonchev–Trinajstić information content (AvgIpc) is 2.65. The number of nitro benzene ring substituents is 2. The molecule has 8 nitrogen and oxygen atoms in total. The molecule has 0 radical (unpaired) electrons. The van der Waals surface area contributed by atoms with Gasteiger partial charge in [0.25, 0.3) is 5.69 Å². The summed E-state index contributed by atoms with van der Waals surface area (Å²) in [6.45, 7) is 1.78. The van der Waals surface area contributed by atoms with Gasteiger partial charge < -0.3 is 0 Å². The van der Waals surface area contributed by atoms with Crippen LogP contribution in [-0.4, -0.2) is 15.6 Å². The normalized spacial score (nSPS) is 11.3. The molecule has 0 aliphatic carbocycles. The molecule has 0 heterocycles. The molecule has 0 spiro atoms. The Morgan fingerprint density at radius 2 is 1.69 bits per heavy atom. The molecular formula is C18H14N4O4. The van der Waals surface area contributed by atoms with Crippen LogP contribution in [-0.2, 0) is 0 Å². The number of hydrogen-bond acceptors (Lipinski definition) is 6. The smallest absolute Gasteiger partial charge is 0.271 e. The number of benzene rings is 3. The highest BCUT2D eigenvalue weighted by atomic mass is 16.6. The van der Waals surface area contributed by atoms with Gasteiger partial charge in [-0.1, -0.05) is 42.5 Å². The fourth-order valence-corrected chi connectivity index (χ4v) is 2.62. The summed E-state index contributed by atoms with van der Waals surface area (Å²) >= 11 is 0. The SMILES string of the molecule is C/C(=N\Nc1ccc([N+](=O)[O-])cc1[N+](=O)[O-])c1cccc2ccccc12. The second-order valence-electron chi connectivity index (χ2n) is 5.55. The molecule has 0 saturated carbocycles. The van der Waals surface area contributed by atoms with Crippen molar-refractivity contribution >= 4 is 33.5 Å². The molecule has 1 N–H and O–H groups in total. The molecule has 0 fully saturated rings. The van der Waals surface area contributed by atoms with Crippen LogP contribution in [0.25, 0.3) is 10.8 Å². The zero-order chi connectivity index (χ0) is 18.7. The van der Waals surface area contributed by atoms with E-state index < -0.39 is 15.5 Å². The summed E-state index contributed by atoms with van der Waals surface area (Å²) in [6, 6.07) is 17.0. The van der Waals surface area contributed by atoms with Gasteiger partial charge in [-0.3, -0.25) is 25.7 Å². The van der Waals surface area contributed by atoms with Gasteiger partial charge in [0.1, 0.15) is 5.69 Å². The van der Waals surface area contributed by atoms with E-state index in [9.17, 15) is 20.2 Å². The highest BCUT2D eigenvalue weighted by Crippen LogP contribution is 2.29. The molecular weight excluding hydrogens is 336 g/mol. The minimum absolute atomic E-state index is 0.0835. The maximum Gasteiger partial charge on any atom is 0.301 e. The van der Waals surface area contributed by atoms with E-state index in [-0.39, 0.29) is 11.4 Å². The third-order valence-corrected chi connectivity index (χ3v) is 3.91. The Labute approximate surface area is 148 Å². The summed E-state index contributed by atoms with van der Waals surface area (Å²) in [5, 5.41) is 28.3. The molecule has 0 saturated heterocycles. The largest absolute Gasteiger partial charge is 0.301 e. The summed E-state index contributed by atoms with van der Waals surface area (Å²) in [5.74, 6) is 0. The van der Waals surface area contributed by atoms with E-state index in [4.69, 9.17) is 0 Å². The topological polar surface area (TPSA) is 111 Å². The number of hydrazone groups is 1. The number of rotatable bonds is 5. The van der Waals surface area contributed by atoms with Crippen LogP contribution in [0.1, 0.15) is 12.5 Å². The fraction of sp³-hybridized carbons (Fsp3) is 0.0556. The Balaban J connectivity index is 1.96. The summed E-state index contributed by atoms with van der Waals surface area (Å²) < 4.78 is 0. The molecule has 0 amide bonds. The van der Waals surface area contributed by atoms with Crippen LogP contribution in [0.2, 0.25) is 0 Å². The van der Waals surface area contributed by atoms with Crippen molar-refractivity contribution in [1.29, 1.82) is 0 Å². The molecule has 0 unspecified atom stereocenters. The maximum absolute atomic E-state index is 11.2.